The Hall–Kier alpha value is -2.90. The fraction of sp³-hybridized carbons (Fsp3) is 0.621. The van der Waals surface area contributed by atoms with Gasteiger partial charge in [0.1, 0.15) is 30.0 Å². The van der Waals surface area contributed by atoms with Gasteiger partial charge in [-0.15, -0.1) is 0 Å². The van der Waals surface area contributed by atoms with E-state index in [1.807, 2.05) is 53.8 Å². The first-order valence-electron chi connectivity index (χ1n) is 13.6. The van der Waals surface area contributed by atoms with Gasteiger partial charge in [-0.25, -0.2) is 4.39 Å². The molecule has 0 saturated heterocycles. The number of aldehydes is 1. The highest BCUT2D eigenvalue weighted by Crippen LogP contribution is 2.60. The van der Waals surface area contributed by atoms with Crippen LogP contribution in [0.2, 0.25) is 0 Å². The maximum absolute atomic E-state index is 14.4. The SMILES string of the molecule is CC.CC.Cc1nn(C)c2c1NCN=C2C(=O)CCC12C=CN=C(C(C)(C)F)C1C2.O=CC1C=CCC1. The number of ketones is 1. The van der Waals surface area contributed by atoms with Gasteiger partial charge >= 0.3 is 0 Å². The number of allylic oxidation sites excluding steroid dienone is 3. The van der Waals surface area contributed by atoms with E-state index in [-0.39, 0.29) is 23.0 Å². The van der Waals surface area contributed by atoms with E-state index in [2.05, 4.69) is 26.5 Å². The largest absolute Gasteiger partial charge is 0.363 e. The minimum atomic E-state index is -1.42. The molecule has 2 aliphatic heterocycles. The Balaban J connectivity index is 0.000000371. The summed E-state index contributed by atoms with van der Waals surface area (Å²) in [6, 6.07) is 0. The van der Waals surface area contributed by atoms with Gasteiger partial charge in [-0.1, -0.05) is 45.9 Å². The van der Waals surface area contributed by atoms with Crippen molar-refractivity contribution in [2.24, 2.45) is 34.3 Å². The van der Waals surface area contributed by atoms with Crippen LogP contribution in [-0.2, 0) is 16.6 Å². The van der Waals surface area contributed by atoms with E-state index >= 15 is 0 Å². The molecule has 0 spiro atoms. The first kappa shape index (κ1) is 30.3. The summed E-state index contributed by atoms with van der Waals surface area (Å²) in [6.45, 7) is 13.4. The summed E-state index contributed by atoms with van der Waals surface area (Å²) in [5, 5.41) is 7.58. The van der Waals surface area contributed by atoms with Crippen LogP contribution in [0.25, 0.3) is 0 Å². The van der Waals surface area contributed by atoms with Crippen LogP contribution in [0.1, 0.15) is 85.0 Å². The maximum Gasteiger partial charge on any atom is 0.183 e. The van der Waals surface area contributed by atoms with Crippen LogP contribution >= 0.6 is 0 Å². The van der Waals surface area contributed by atoms with Crippen LogP contribution in [-0.4, -0.2) is 45.6 Å². The van der Waals surface area contributed by atoms with Crippen LogP contribution in [0, 0.1) is 24.2 Å². The van der Waals surface area contributed by atoms with Gasteiger partial charge in [-0.3, -0.25) is 19.5 Å². The molecule has 0 aromatic carbocycles. The summed E-state index contributed by atoms with van der Waals surface area (Å²) in [4.78, 5) is 31.5. The van der Waals surface area contributed by atoms with Gasteiger partial charge in [0.25, 0.3) is 0 Å². The maximum atomic E-state index is 14.4. The molecule has 1 aromatic rings. The van der Waals surface area contributed by atoms with Gasteiger partial charge in [0.15, 0.2) is 5.78 Å². The van der Waals surface area contributed by atoms with E-state index in [9.17, 15) is 14.0 Å². The lowest BCUT2D eigenvalue weighted by atomic mass is 9.87. The molecule has 3 heterocycles. The van der Waals surface area contributed by atoms with E-state index in [1.165, 1.54) is 0 Å². The molecule has 1 fully saturated rings. The summed E-state index contributed by atoms with van der Waals surface area (Å²) in [5.41, 5.74) is 2.08. The monoisotopic (exact) mass is 513 g/mol. The molecule has 4 aliphatic rings. The molecule has 2 aliphatic carbocycles. The zero-order valence-corrected chi connectivity index (χ0v) is 23.8. The van der Waals surface area contributed by atoms with Crippen molar-refractivity contribution in [2.45, 2.75) is 86.2 Å². The predicted octanol–water partition coefficient (Wildman–Crippen LogP) is 6.18. The quantitative estimate of drug-likeness (QED) is 0.364. The van der Waals surface area contributed by atoms with Crippen molar-refractivity contribution >= 4 is 29.2 Å². The highest BCUT2D eigenvalue weighted by Gasteiger charge is 2.58. The Morgan fingerprint density at radius 1 is 1.30 bits per heavy atom. The zero-order chi connectivity index (χ0) is 27.8. The van der Waals surface area contributed by atoms with Crippen LogP contribution in [0.5, 0.6) is 0 Å². The molecule has 0 amide bonds. The lowest BCUT2D eigenvalue weighted by molar-refractivity contribution is -0.113. The van der Waals surface area contributed by atoms with Crippen molar-refractivity contribution in [3.05, 3.63) is 35.8 Å². The first-order chi connectivity index (χ1) is 17.7. The van der Waals surface area contributed by atoms with E-state index in [0.717, 1.165) is 42.6 Å². The van der Waals surface area contributed by atoms with Gasteiger partial charge in [-0.05, 0) is 51.9 Å². The second kappa shape index (κ2) is 13.1. The number of nitrogens with one attached hydrogen (secondary N) is 1. The molecular weight excluding hydrogens is 469 g/mol. The van der Waals surface area contributed by atoms with Gasteiger partial charge in [0, 0.05) is 31.5 Å². The van der Waals surface area contributed by atoms with Crippen molar-refractivity contribution in [3.63, 3.8) is 0 Å². The Kier molecular flexibility index (Phi) is 10.7. The number of nitrogens with zero attached hydrogens (tertiary/aromatic N) is 4. The smallest absolute Gasteiger partial charge is 0.183 e. The molecule has 1 aromatic heterocycles. The average molecular weight is 514 g/mol. The molecule has 7 nitrogen and oxygen atoms in total. The van der Waals surface area contributed by atoms with Gasteiger partial charge in [0.2, 0.25) is 0 Å². The standard InChI is InChI=1S/C19H24FN5O.C6H8O.2C2H6/c1-11-14-16(25(4)24-11)15(23-10-22-14)13(26)5-6-19-7-8-21-17(12(19)9-19)18(2,3)20;7-5-6-3-1-2-4-6;2*1-2/h7-8,12,22H,5-6,9-10H2,1-4H3;1,3,5-6H,2,4H2;2*1-2H3. The number of aryl methyl sites for hydroxylation is 2. The number of aromatic nitrogens is 2. The summed E-state index contributed by atoms with van der Waals surface area (Å²) >= 11 is 0. The third-order valence-electron chi connectivity index (χ3n) is 6.92. The van der Waals surface area contributed by atoms with E-state index < -0.39 is 5.67 Å². The molecule has 0 radical (unpaired) electrons. The number of anilines is 1. The molecule has 37 heavy (non-hydrogen) atoms. The first-order valence-corrected chi connectivity index (χ1v) is 13.6. The number of halogens is 1. The number of alkyl halides is 1. The van der Waals surface area contributed by atoms with Crippen molar-refractivity contribution in [1.29, 1.82) is 0 Å². The second-order valence-corrected chi connectivity index (χ2v) is 9.80. The normalized spacial score (nSPS) is 24.2. The number of fused-ring (bicyclic) bond motifs is 2. The van der Waals surface area contributed by atoms with E-state index in [0.29, 0.717) is 30.9 Å². The van der Waals surface area contributed by atoms with Gasteiger partial charge in [0.05, 0.1) is 17.1 Å². The number of aliphatic imine (C=N–C) groups is 2. The van der Waals surface area contributed by atoms with Gasteiger partial charge < -0.3 is 10.1 Å². The Bertz CT molecular complexity index is 1080. The number of hydrogen-bond acceptors (Lipinski definition) is 6. The van der Waals surface area contributed by atoms with Gasteiger partial charge in [-0.2, -0.15) is 5.10 Å². The lowest BCUT2D eigenvalue weighted by Gasteiger charge is -2.23. The number of carbonyl (C=O) groups excluding carboxylic acids is 2. The minimum Gasteiger partial charge on any atom is -0.363 e. The molecular formula is C29H44FN5O2. The Morgan fingerprint density at radius 3 is 2.57 bits per heavy atom. The summed E-state index contributed by atoms with van der Waals surface area (Å²) in [7, 11) is 1.83. The molecule has 1 N–H and O–H groups in total. The number of hydrogen-bond donors (Lipinski definition) is 1. The molecule has 3 unspecified atom stereocenters. The highest BCUT2D eigenvalue weighted by atomic mass is 19.1. The summed E-state index contributed by atoms with van der Waals surface area (Å²) < 4.78 is 16.1. The third-order valence-corrected chi connectivity index (χ3v) is 6.92. The molecule has 5 rings (SSSR count). The van der Waals surface area contributed by atoms with Crippen LogP contribution in [0.15, 0.2) is 34.4 Å². The highest BCUT2D eigenvalue weighted by molar-refractivity contribution is 6.47. The van der Waals surface area contributed by atoms with Crippen molar-refractivity contribution in [1.82, 2.24) is 9.78 Å². The van der Waals surface area contributed by atoms with Crippen molar-refractivity contribution in [3.8, 4) is 0 Å². The molecule has 1 saturated carbocycles. The second-order valence-electron chi connectivity index (χ2n) is 9.80. The number of carbonyl (C=O) groups is 2. The lowest BCUT2D eigenvalue weighted by Crippen LogP contribution is -2.31. The number of Topliss-reactive ketones (excluding diaryl/α,β-unsaturated/α-hetero) is 1. The molecule has 0 bridgehead atoms. The molecule has 8 heteroatoms. The number of rotatable bonds is 6. The van der Waals surface area contributed by atoms with Crippen molar-refractivity contribution < 1.29 is 14.0 Å². The van der Waals surface area contributed by atoms with Crippen LogP contribution in [0.3, 0.4) is 0 Å². The summed E-state index contributed by atoms with van der Waals surface area (Å²) in [6.07, 6.45) is 12.8. The van der Waals surface area contributed by atoms with E-state index in [1.54, 1.807) is 24.7 Å². The van der Waals surface area contributed by atoms with Crippen molar-refractivity contribution in [2.75, 3.05) is 12.0 Å². The third kappa shape index (κ3) is 6.90. The topological polar surface area (TPSA) is 88.7 Å². The van der Waals surface area contributed by atoms with E-state index in [4.69, 9.17) is 0 Å². The predicted molar refractivity (Wildman–Crippen MR) is 150 cm³/mol. The molecule has 3 atom stereocenters. The van der Waals surface area contributed by atoms with Crippen LogP contribution in [0.4, 0.5) is 10.1 Å². The summed E-state index contributed by atoms with van der Waals surface area (Å²) in [5.74, 6) is 0.373. The minimum absolute atomic E-state index is 0.0211. The van der Waals surface area contributed by atoms with Crippen LogP contribution < -0.4 is 5.32 Å². The fourth-order valence-corrected chi connectivity index (χ4v) is 5.03. The fourth-order valence-electron chi connectivity index (χ4n) is 5.03. The zero-order valence-electron chi connectivity index (χ0n) is 23.8. The molecule has 204 valence electrons. The Morgan fingerprint density at radius 2 is 2.00 bits per heavy atom. The average Bonchev–Trinajstić information content (AvgIpc) is 3.23. The Labute approximate surface area is 221 Å².